The van der Waals surface area contributed by atoms with Gasteiger partial charge in [-0.05, 0) is 56.9 Å². The first-order valence-electron chi connectivity index (χ1n) is 7.76. The minimum absolute atomic E-state index is 0.712. The van der Waals surface area contributed by atoms with Crippen LogP contribution in [0.15, 0.2) is 24.3 Å². The van der Waals surface area contributed by atoms with E-state index in [1.807, 2.05) is 7.05 Å². The molecule has 0 amide bonds. The van der Waals surface area contributed by atoms with Gasteiger partial charge in [0.15, 0.2) is 0 Å². The number of likely N-dealkylation sites (N-methyl/N-ethyl adjacent to an activating group) is 1. The zero-order valence-corrected chi connectivity index (χ0v) is 12.9. The average Bonchev–Trinajstić information content (AvgIpc) is 2.47. The molecule has 1 fully saturated rings. The maximum absolute atomic E-state index is 5.55. The molecule has 1 heterocycles. The van der Waals surface area contributed by atoms with Crippen LogP contribution in [-0.2, 0) is 17.7 Å². The number of benzene rings is 1. The van der Waals surface area contributed by atoms with Crippen molar-refractivity contribution in [1.82, 2.24) is 10.2 Å². The van der Waals surface area contributed by atoms with E-state index in [1.165, 1.54) is 24.0 Å². The fourth-order valence-corrected chi connectivity index (χ4v) is 2.85. The molecule has 2 rings (SSSR count). The van der Waals surface area contributed by atoms with Crippen LogP contribution in [-0.4, -0.2) is 45.3 Å². The van der Waals surface area contributed by atoms with Gasteiger partial charge in [0.25, 0.3) is 0 Å². The van der Waals surface area contributed by atoms with Crippen LogP contribution in [0.4, 0.5) is 0 Å². The highest BCUT2D eigenvalue weighted by atomic mass is 16.5. The molecule has 0 saturated carbocycles. The largest absolute Gasteiger partial charge is 0.381 e. The van der Waals surface area contributed by atoms with Crippen molar-refractivity contribution in [3.63, 3.8) is 0 Å². The highest BCUT2D eigenvalue weighted by molar-refractivity contribution is 5.22. The predicted octanol–water partition coefficient (Wildman–Crippen LogP) is 2.31. The monoisotopic (exact) mass is 276 g/mol. The zero-order chi connectivity index (χ0) is 14.2. The van der Waals surface area contributed by atoms with Crippen LogP contribution in [0.5, 0.6) is 0 Å². The molecule has 0 aromatic heterocycles. The van der Waals surface area contributed by atoms with Crippen molar-refractivity contribution < 1.29 is 4.74 Å². The lowest BCUT2D eigenvalue weighted by Gasteiger charge is -2.27. The van der Waals surface area contributed by atoms with Gasteiger partial charge in [-0.15, -0.1) is 0 Å². The molecule has 1 atom stereocenters. The van der Waals surface area contributed by atoms with Crippen molar-refractivity contribution in [1.29, 1.82) is 0 Å². The summed E-state index contributed by atoms with van der Waals surface area (Å²) in [7, 11) is 4.21. The van der Waals surface area contributed by atoms with Crippen molar-refractivity contribution in [2.45, 2.75) is 25.8 Å². The highest BCUT2D eigenvalue weighted by Gasteiger charge is 2.15. The van der Waals surface area contributed by atoms with Crippen LogP contribution in [0.3, 0.4) is 0 Å². The third-order valence-electron chi connectivity index (χ3n) is 3.96. The van der Waals surface area contributed by atoms with E-state index in [1.54, 1.807) is 0 Å². The highest BCUT2D eigenvalue weighted by Crippen LogP contribution is 2.15. The molecule has 1 saturated heterocycles. The Morgan fingerprint density at radius 3 is 2.65 bits per heavy atom. The van der Waals surface area contributed by atoms with E-state index in [2.05, 4.69) is 41.5 Å². The van der Waals surface area contributed by atoms with Gasteiger partial charge >= 0.3 is 0 Å². The van der Waals surface area contributed by atoms with E-state index in [9.17, 15) is 0 Å². The Labute approximate surface area is 123 Å². The van der Waals surface area contributed by atoms with Gasteiger partial charge < -0.3 is 15.0 Å². The Hall–Kier alpha value is -0.900. The molecule has 1 aliphatic rings. The zero-order valence-electron chi connectivity index (χ0n) is 12.9. The van der Waals surface area contributed by atoms with Gasteiger partial charge in [-0.2, -0.15) is 0 Å². The smallest absolute Gasteiger partial charge is 0.0506 e. The van der Waals surface area contributed by atoms with E-state index in [0.717, 1.165) is 39.3 Å². The molecule has 0 bridgehead atoms. The first kappa shape index (κ1) is 15.5. The lowest BCUT2D eigenvalue weighted by atomic mass is 10.0. The summed E-state index contributed by atoms with van der Waals surface area (Å²) in [5, 5.41) is 3.19. The quantitative estimate of drug-likeness (QED) is 0.827. The van der Waals surface area contributed by atoms with E-state index in [0.29, 0.717) is 5.92 Å². The molecule has 1 aliphatic heterocycles. The van der Waals surface area contributed by atoms with E-state index in [4.69, 9.17) is 4.74 Å². The van der Waals surface area contributed by atoms with Crippen molar-refractivity contribution in [3.8, 4) is 0 Å². The predicted molar refractivity (Wildman–Crippen MR) is 83.9 cm³/mol. The van der Waals surface area contributed by atoms with Crippen molar-refractivity contribution in [3.05, 3.63) is 35.4 Å². The SMILES string of the molecule is CNCCc1ccc(CN(C)CC2CCCOC2)cc1. The lowest BCUT2D eigenvalue weighted by molar-refractivity contribution is 0.0411. The maximum Gasteiger partial charge on any atom is 0.0506 e. The number of hydrogen-bond acceptors (Lipinski definition) is 3. The maximum atomic E-state index is 5.55. The Morgan fingerprint density at radius 1 is 1.25 bits per heavy atom. The minimum atomic E-state index is 0.712. The molecule has 0 spiro atoms. The molecule has 1 N–H and O–H groups in total. The Morgan fingerprint density at radius 2 is 2.00 bits per heavy atom. The molecule has 20 heavy (non-hydrogen) atoms. The third-order valence-corrected chi connectivity index (χ3v) is 3.96. The van der Waals surface area contributed by atoms with Gasteiger partial charge in [0, 0.05) is 19.7 Å². The number of ether oxygens (including phenoxy) is 1. The lowest BCUT2D eigenvalue weighted by Crippen LogP contribution is -2.30. The van der Waals surface area contributed by atoms with Gasteiger partial charge in [-0.1, -0.05) is 24.3 Å². The van der Waals surface area contributed by atoms with E-state index in [-0.39, 0.29) is 0 Å². The van der Waals surface area contributed by atoms with Crippen LogP contribution in [0.2, 0.25) is 0 Å². The van der Waals surface area contributed by atoms with Gasteiger partial charge in [0.2, 0.25) is 0 Å². The molecule has 1 aromatic carbocycles. The van der Waals surface area contributed by atoms with Crippen LogP contribution in [0.25, 0.3) is 0 Å². The average molecular weight is 276 g/mol. The Balaban J connectivity index is 1.76. The first-order chi connectivity index (χ1) is 9.78. The summed E-state index contributed by atoms with van der Waals surface area (Å²) in [6, 6.07) is 9.03. The summed E-state index contributed by atoms with van der Waals surface area (Å²) >= 11 is 0. The summed E-state index contributed by atoms with van der Waals surface area (Å²) < 4.78 is 5.55. The Bertz CT molecular complexity index is 371. The van der Waals surface area contributed by atoms with Crippen LogP contribution < -0.4 is 5.32 Å². The van der Waals surface area contributed by atoms with Crippen LogP contribution in [0, 0.1) is 5.92 Å². The van der Waals surface area contributed by atoms with Crippen molar-refractivity contribution >= 4 is 0 Å². The molecule has 1 aromatic rings. The summed E-state index contributed by atoms with van der Waals surface area (Å²) in [5.74, 6) is 0.712. The normalized spacial score (nSPS) is 19.4. The van der Waals surface area contributed by atoms with E-state index < -0.39 is 0 Å². The molecule has 0 radical (unpaired) electrons. The molecular formula is C17H28N2O. The molecule has 0 aliphatic carbocycles. The summed E-state index contributed by atoms with van der Waals surface area (Å²) in [5.41, 5.74) is 2.81. The number of nitrogens with one attached hydrogen (secondary N) is 1. The second-order valence-corrected chi connectivity index (χ2v) is 5.95. The fraction of sp³-hybridized carbons (Fsp3) is 0.647. The molecule has 112 valence electrons. The van der Waals surface area contributed by atoms with Gasteiger partial charge in [-0.25, -0.2) is 0 Å². The number of rotatable bonds is 7. The second kappa shape index (κ2) is 8.40. The van der Waals surface area contributed by atoms with Crippen molar-refractivity contribution in [2.24, 2.45) is 5.92 Å². The number of nitrogens with zero attached hydrogens (tertiary/aromatic N) is 1. The first-order valence-corrected chi connectivity index (χ1v) is 7.76. The summed E-state index contributed by atoms with van der Waals surface area (Å²) in [6.07, 6.45) is 3.64. The van der Waals surface area contributed by atoms with Crippen molar-refractivity contribution in [2.75, 3.05) is 40.4 Å². The molecule has 3 nitrogen and oxygen atoms in total. The Kier molecular flexibility index (Phi) is 6.51. The topological polar surface area (TPSA) is 24.5 Å². The standard InChI is InChI=1S/C17H28N2O/c1-18-10-9-15-5-7-16(8-6-15)12-19(2)13-17-4-3-11-20-14-17/h5-8,17-18H,3-4,9-14H2,1-2H3. The summed E-state index contributed by atoms with van der Waals surface area (Å²) in [4.78, 5) is 2.42. The molecule has 1 unspecified atom stereocenters. The minimum Gasteiger partial charge on any atom is -0.381 e. The van der Waals surface area contributed by atoms with Gasteiger partial charge in [0.05, 0.1) is 6.61 Å². The third kappa shape index (κ3) is 5.23. The molecule has 3 heteroatoms. The second-order valence-electron chi connectivity index (χ2n) is 5.95. The molecular weight excluding hydrogens is 248 g/mol. The van der Waals surface area contributed by atoms with Gasteiger partial charge in [-0.3, -0.25) is 0 Å². The van der Waals surface area contributed by atoms with Crippen LogP contribution in [0.1, 0.15) is 24.0 Å². The number of hydrogen-bond donors (Lipinski definition) is 1. The van der Waals surface area contributed by atoms with Crippen LogP contribution >= 0.6 is 0 Å². The van der Waals surface area contributed by atoms with E-state index >= 15 is 0 Å². The fourth-order valence-electron chi connectivity index (χ4n) is 2.85. The van der Waals surface area contributed by atoms with Gasteiger partial charge in [0.1, 0.15) is 0 Å². The summed E-state index contributed by atoms with van der Waals surface area (Å²) in [6.45, 7) is 5.10.